The summed E-state index contributed by atoms with van der Waals surface area (Å²) in [6, 6.07) is 18.1. The summed E-state index contributed by atoms with van der Waals surface area (Å²) in [5, 5.41) is 3.68. The fourth-order valence-corrected chi connectivity index (χ4v) is 4.16. The van der Waals surface area contributed by atoms with Gasteiger partial charge in [0.1, 0.15) is 0 Å². The third kappa shape index (κ3) is 3.97. The van der Waals surface area contributed by atoms with Crippen molar-refractivity contribution in [3.05, 3.63) is 88.2 Å². The summed E-state index contributed by atoms with van der Waals surface area (Å²) in [6.45, 7) is 9.99. The molecule has 5 heteroatoms. The van der Waals surface area contributed by atoms with Crippen molar-refractivity contribution in [2.45, 2.75) is 45.7 Å². The molecule has 1 N–H and O–H groups in total. The number of aryl methyl sites for hydroxylation is 1. The minimum absolute atomic E-state index is 0.0904. The zero-order chi connectivity index (χ0) is 21.5. The fourth-order valence-electron chi connectivity index (χ4n) is 3.98. The van der Waals surface area contributed by atoms with Crippen molar-refractivity contribution in [1.82, 2.24) is 9.47 Å². The van der Waals surface area contributed by atoms with Crippen molar-refractivity contribution in [3.8, 4) is 0 Å². The Hall–Kier alpha value is -2.72. The summed E-state index contributed by atoms with van der Waals surface area (Å²) in [7, 11) is 0. The van der Waals surface area contributed by atoms with Crippen LogP contribution in [0.5, 0.6) is 0 Å². The lowest BCUT2D eigenvalue weighted by Gasteiger charge is -2.37. The summed E-state index contributed by atoms with van der Waals surface area (Å²) in [5.41, 5.74) is 5.30. The number of halogens is 1. The zero-order valence-electron chi connectivity index (χ0n) is 17.9. The molecule has 0 spiro atoms. The molecule has 0 fully saturated rings. The molecule has 0 aliphatic carbocycles. The van der Waals surface area contributed by atoms with Gasteiger partial charge in [0.05, 0.1) is 6.04 Å². The number of benzene rings is 2. The highest BCUT2D eigenvalue weighted by atomic mass is 35.5. The van der Waals surface area contributed by atoms with E-state index in [1.165, 1.54) is 5.56 Å². The maximum absolute atomic E-state index is 13.3. The summed E-state index contributed by atoms with van der Waals surface area (Å²) in [4.78, 5) is 15.2. The number of urea groups is 1. The molecule has 4 rings (SSSR count). The first kappa shape index (κ1) is 20.5. The van der Waals surface area contributed by atoms with E-state index >= 15 is 0 Å². The van der Waals surface area contributed by atoms with Crippen LogP contribution >= 0.6 is 11.6 Å². The molecule has 0 bridgehead atoms. The van der Waals surface area contributed by atoms with Crippen molar-refractivity contribution in [3.63, 3.8) is 0 Å². The van der Waals surface area contributed by atoms with Crippen LogP contribution < -0.4 is 5.32 Å². The average molecular weight is 422 g/mol. The number of amides is 2. The summed E-state index contributed by atoms with van der Waals surface area (Å²) in [5.74, 6) is 0. The van der Waals surface area contributed by atoms with Crippen molar-refractivity contribution >= 4 is 23.3 Å². The molecule has 1 unspecified atom stereocenters. The van der Waals surface area contributed by atoms with Gasteiger partial charge in [0, 0.05) is 35.7 Å². The molecule has 0 radical (unpaired) electrons. The number of fused-ring (bicyclic) bond motifs is 1. The van der Waals surface area contributed by atoms with Crippen LogP contribution in [-0.4, -0.2) is 22.0 Å². The Morgan fingerprint density at radius 1 is 1.07 bits per heavy atom. The normalized spacial score (nSPS) is 16.3. The first-order valence-corrected chi connectivity index (χ1v) is 10.7. The highest BCUT2D eigenvalue weighted by molar-refractivity contribution is 6.31. The third-order valence-electron chi connectivity index (χ3n) is 5.81. The Labute approximate surface area is 183 Å². The van der Waals surface area contributed by atoms with E-state index < -0.39 is 0 Å². The highest BCUT2D eigenvalue weighted by Gasteiger charge is 2.32. The van der Waals surface area contributed by atoms with Crippen LogP contribution in [0.4, 0.5) is 10.5 Å². The number of aromatic nitrogens is 1. The Morgan fingerprint density at radius 3 is 2.47 bits per heavy atom. The predicted octanol–water partition coefficient (Wildman–Crippen LogP) is 6.38. The van der Waals surface area contributed by atoms with Gasteiger partial charge in [-0.1, -0.05) is 62.7 Å². The first-order valence-electron chi connectivity index (χ1n) is 10.3. The van der Waals surface area contributed by atoms with E-state index in [-0.39, 0.29) is 17.5 Å². The number of nitrogens with zero attached hydrogens (tertiary/aromatic N) is 2. The molecule has 0 saturated heterocycles. The molecule has 2 heterocycles. The second-order valence-corrected chi connectivity index (χ2v) is 9.40. The molecule has 156 valence electrons. The molecule has 3 aromatic rings. The van der Waals surface area contributed by atoms with Crippen LogP contribution in [0.25, 0.3) is 0 Å². The van der Waals surface area contributed by atoms with E-state index in [4.69, 9.17) is 11.6 Å². The Kier molecular flexibility index (Phi) is 5.37. The van der Waals surface area contributed by atoms with Gasteiger partial charge in [-0.15, -0.1) is 0 Å². The van der Waals surface area contributed by atoms with Crippen LogP contribution in [0.1, 0.15) is 49.2 Å². The van der Waals surface area contributed by atoms with Gasteiger partial charge < -0.3 is 14.8 Å². The molecule has 0 saturated carbocycles. The average Bonchev–Trinajstić information content (AvgIpc) is 3.18. The van der Waals surface area contributed by atoms with Gasteiger partial charge in [-0.2, -0.15) is 0 Å². The molecule has 30 heavy (non-hydrogen) atoms. The van der Waals surface area contributed by atoms with Gasteiger partial charge in [0.2, 0.25) is 0 Å². The topological polar surface area (TPSA) is 37.3 Å². The number of hydrogen-bond acceptors (Lipinski definition) is 1. The maximum atomic E-state index is 13.3. The minimum atomic E-state index is -0.135. The third-order valence-corrected chi connectivity index (χ3v) is 6.22. The number of rotatable bonds is 2. The van der Waals surface area contributed by atoms with E-state index in [1.807, 2.05) is 30.0 Å². The Morgan fingerprint density at radius 2 is 1.80 bits per heavy atom. The molecule has 1 aliphatic rings. The smallest absolute Gasteiger partial charge is 0.322 e. The van der Waals surface area contributed by atoms with Gasteiger partial charge in [-0.3, -0.25) is 0 Å². The highest BCUT2D eigenvalue weighted by Crippen LogP contribution is 2.34. The van der Waals surface area contributed by atoms with Crippen molar-refractivity contribution < 1.29 is 4.79 Å². The number of anilines is 1. The maximum Gasteiger partial charge on any atom is 0.322 e. The minimum Gasteiger partial charge on any atom is -0.348 e. The molecular weight excluding hydrogens is 394 g/mol. The lowest BCUT2D eigenvalue weighted by molar-refractivity contribution is 0.182. The molecular formula is C25H28ClN3O. The van der Waals surface area contributed by atoms with Crippen LogP contribution in [-0.2, 0) is 12.0 Å². The second kappa shape index (κ2) is 7.84. The van der Waals surface area contributed by atoms with Gasteiger partial charge in [0.25, 0.3) is 0 Å². The zero-order valence-corrected chi connectivity index (χ0v) is 18.7. The van der Waals surface area contributed by atoms with E-state index in [1.54, 1.807) is 6.07 Å². The van der Waals surface area contributed by atoms with E-state index in [2.05, 4.69) is 67.2 Å². The lowest BCUT2D eigenvalue weighted by atomic mass is 9.86. The van der Waals surface area contributed by atoms with Crippen LogP contribution in [0.2, 0.25) is 5.02 Å². The van der Waals surface area contributed by atoms with Crippen molar-refractivity contribution in [2.24, 2.45) is 0 Å². The first-order chi connectivity index (χ1) is 14.2. The van der Waals surface area contributed by atoms with Crippen molar-refractivity contribution in [2.75, 3.05) is 11.9 Å². The molecule has 2 aromatic carbocycles. The lowest BCUT2D eigenvalue weighted by Crippen LogP contribution is -2.44. The van der Waals surface area contributed by atoms with Gasteiger partial charge in [0.15, 0.2) is 0 Å². The Balaban J connectivity index is 1.66. The number of nitrogens with one attached hydrogen (secondary N) is 1. The van der Waals surface area contributed by atoms with Crippen LogP contribution in [0, 0.1) is 6.92 Å². The van der Waals surface area contributed by atoms with E-state index in [9.17, 15) is 4.79 Å². The quantitative estimate of drug-likeness (QED) is 0.511. The number of carbonyl (C=O) groups excluding carboxylic acids is 1. The standard InChI is InChI=1S/C25H28ClN3O/c1-17-7-12-20(16-21(17)26)27-24(30)29-15-14-28-13-5-6-22(28)23(29)18-8-10-19(11-9-18)25(2,3)4/h5-13,16,23H,14-15H2,1-4H3,(H,27,30). The summed E-state index contributed by atoms with van der Waals surface area (Å²) < 4.78 is 2.23. The fraction of sp³-hybridized carbons (Fsp3) is 0.320. The van der Waals surface area contributed by atoms with E-state index in [0.29, 0.717) is 17.3 Å². The van der Waals surface area contributed by atoms with Gasteiger partial charge in [-0.25, -0.2) is 4.79 Å². The summed E-state index contributed by atoms with van der Waals surface area (Å²) >= 11 is 6.24. The van der Waals surface area contributed by atoms with Crippen LogP contribution in [0.3, 0.4) is 0 Å². The van der Waals surface area contributed by atoms with E-state index in [0.717, 1.165) is 23.4 Å². The predicted molar refractivity (Wildman–Crippen MR) is 123 cm³/mol. The van der Waals surface area contributed by atoms with Gasteiger partial charge >= 0.3 is 6.03 Å². The number of hydrogen-bond donors (Lipinski definition) is 1. The van der Waals surface area contributed by atoms with Crippen LogP contribution in [0.15, 0.2) is 60.8 Å². The monoisotopic (exact) mass is 421 g/mol. The SMILES string of the molecule is Cc1ccc(NC(=O)N2CCn3cccc3C2c2ccc(C(C)(C)C)cc2)cc1Cl. The molecule has 4 nitrogen and oxygen atoms in total. The molecule has 1 aliphatic heterocycles. The molecule has 1 aromatic heterocycles. The van der Waals surface area contributed by atoms with Crippen molar-refractivity contribution in [1.29, 1.82) is 0 Å². The number of carbonyl (C=O) groups is 1. The molecule has 2 amide bonds. The molecule has 1 atom stereocenters. The summed E-state index contributed by atoms with van der Waals surface area (Å²) in [6.07, 6.45) is 2.08. The second-order valence-electron chi connectivity index (χ2n) is 8.99. The van der Waals surface area contributed by atoms with Gasteiger partial charge in [-0.05, 0) is 53.3 Å². The largest absolute Gasteiger partial charge is 0.348 e. The Bertz CT molecular complexity index is 1060.